The quantitative estimate of drug-likeness (QED) is 0.223. The number of sulfonamides is 1. The fourth-order valence-electron chi connectivity index (χ4n) is 4.70. The van der Waals surface area contributed by atoms with Crippen molar-refractivity contribution in [2.45, 2.75) is 17.5 Å². The molecular formula is C29H30ClF3N4O4S2. The van der Waals surface area contributed by atoms with Crippen molar-refractivity contribution in [3.05, 3.63) is 83.9 Å². The fraction of sp³-hybridized carbons (Fsp3) is 0.310. The lowest BCUT2D eigenvalue weighted by atomic mass is 10.2. The maximum Gasteiger partial charge on any atom is 0.418 e. The number of hydrogen-bond donors (Lipinski definition) is 0. The molecule has 1 fully saturated rings. The zero-order valence-electron chi connectivity index (χ0n) is 23.2. The van der Waals surface area contributed by atoms with E-state index in [4.69, 9.17) is 4.74 Å². The molecule has 0 aliphatic carbocycles. The van der Waals surface area contributed by atoms with Gasteiger partial charge in [-0.05, 0) is 55.0 Å². The number of para-hydroxylation sites is 2. The first kappa shape index (κ1) is 32.7. The number of carbonyl (C=O) groups excluding carboxylic acids is 1. The zero-order valence-corrected chi connectivity index (χ0v) is 25.6. The van der Waals surface area contributed by atoms with Crippen molar-refractivity contribution in [1.82, 2.24) is 9.88 Å². The van der Waals surface area contributed by atoms with Crippen LogP contribution in [0.25, 0.3) is 10.2 Å². The van der Waals surface area contributed by atoms with Crippen LogP contribution in [0, 0.1) is 0 Å². The predicted octanol–water partition coefficient (Wildman–Crippen LogP) is 5.93. The molecule has 5 rings (SSSR count). The lowest BCUT2D eigenvalue weighted by Gasteiger charge is -2.27. The van der Waals surface area contributed by atoms with Gasteiger partial charge < -0.3 is 4.74 Å². The third-order valence-corrected chi connectivity index (χ3v) is 9.87. The molecule has 0 N–H and O–H groups in total. The van der Waals surface area contributed by atoms with E-state index in [-0.39, 0.29) is 40.1 Å². The van der Waals surface area contributed by atoms with Gasteiger partial charge in [-0.1, -0.05) is 35.6 Å². The molecule has 3 aromatic carbocycles. The largest absolute Gasteiger partial charge is 0.418 e. The Hall–Kier alpha value is -3.23. The number of benzene rings is 3. The van der Waals surface area contributed by atoms with Gasteiger partial charge in [-0.15, -0.1) is 12.4 Å². The average Bonchev–Trinajstić information content (AvgIpc) is 3.43. The monoisotopic (exact) mass is 654 g/mol. The van der Waals surface area contributed by atoms with Crippen LogP contribution < -0.4 is 9.21 Å². The highest BCUT2D eigenvalue weighted by molar-refractivity contribution is 7.92. The van der Waals surface area contributed by atoms with E-state index in [0.29, 0.717) is 36.6 Å². The molecule has 0 bridgehead atoms. The van der Waals surface area contributed by atoms with Crippen LogP contribution in [0.4, 0.5) is 24.0 Å². The first-order valence-corrected chi connectivity index (χ1v) is 15.5. The Balaban J connectivity index is 0.00000423. The summed E-state index contributed by atoms with van der Waals surface area (Å²) in [5, 5.41) is 0.147. The molecule has 1 aliphatic rings. The Morgan fingerprint density at radius 3 is 2.33 bits per heavy atom. The summed E-state index contributed by atoms with van der Waals surface area (Å²) in [6.45, 7) is 3.66. The number of rotatable bonds is 9. The van der Waals surface area contributed by atoms with Gasteiger partial charge in [-0.3, -0.25) is 18.9 Å². The minimum Gasteiger partial charge on any atom is -0.379 e. The molecule has 1 aliphatic heterocycles. The summed E-state index contributed by atoms with van der Waals surface area (Å²) in [6.07, 6.45) is -4.04. The molecule has 43 heavy (non-hydrogen) atoms. The molecule has 14 heteroatoms. The Kier molecular flexibility index (Phi) is 10.3. The number of amides is 1. The number of morpholine rings is 1. The number of carbonyl (C=O) groups is 1. The fourth-order valence-corrected chi connectivity index (χ4v) is 6.91. The molecule has 0 atom stereocenters. The molecule has 8 nitrogen and oxygen atoms in total. The van der Waals surface area contributed by atoms with Gasteiger partial charge in [0.1, 0.15) is 0 Å². The maximum absolute atomic E-state index is 13.8. The highest BCUT2D eigenvalue weighted by Crippen LogP contribution is 2.38. The lowest BCUT2D eigenvalue weighted by Crippen LogP contribution is -2.39. The van der Waals surface area contributed by atoms with Crippen molar-refractivity contribution in [2.24, 2.45) is 0 Å². The highest BCUT2D eigenvalue weighted by Gasteiger charge is 2.34. The first-order valence-electron chi connectivity index (χ1n) is 13.3. The van der Waals surface area contributed by atoms with Gasteiger partial charge >= 0.3 is 6.18 Å². The van der Waals surface area contributed by atoms with Gasteiger partial charge in [-0.2, -0.15) is 13.2 Å². The third kappa shape index (κ3) is 7.29. The Morgan fingerprint density at radius 1 is 1.00 bits per heavy atom. The van der Waals surface area contributed by atoms with Crippen LogP contribution in [0.5, 0.6) is 0 Å². The summed E-state index contributed by atoms with van der Waals surface area (Å²) in [7, 11) is -2.45. The maximum atomic E-state index is 13.8. The van der Waals surface area contributed by atoms with Crippen molar-refractivity contribution < 1.29 is 31.1 Å². The van der Waals surface area contributed by atoms with Crippen molar-refractivity contribution in [3.63, 3.8) is 0 Å². The van der Waals surface area contributed by atoms with Gasteiger partial charge in [0.05, 0.1) is 39.6 Å². The average molecular weight is 655 g/mol. The summed E-state index contributed by atoms with van der Waals surface area (Å²) in [5.74, 6) is -0.482. The van der Waals surface area contributed by atoms with Crippen molar-refractivity contribution in [2.75, 3.05) is 55.6 Å². The normalized spacial score (nSPS) is 14.3. The van der Waals surface area contributed by atoms with E-state index < -0.39 is 27.7 Å². The number of alkyl halides is 3. The lowest BCUT2D eigenvalue weighted by molar-refractivity contribution is -0.136. The summed E-state index contributed by atoms with van der Waals surface area (Å²) in [6, 6.07) is 18.0. The van der Waals surface area contributed by atoms with Crippen LogP contribution in [-0.2, 0) is 20.9 Å². The predicted molar refractivity (Wildman–Crippen MR) is 164 cm³/mol. The molecule has 1 aromatic heterocycles. The van der Waals surface area contributed by atoms with E-state index >= 15 is 0 Å². The minimum absolute atomic E-state index is 0. The number of nitrogens with zero attached hydrogens (tertiary/aromatic N) is 4. The summed E-state index contributed by atoms with van der Waals surface area (Å²) in [4.78, 5) is 21.6. The topological polar surface area (TPSA) is 83.1 Å². The van der Waals surface area contributed by atoms with E-state index in [2.05, 4.69) is 9.88 Å². The molecule has 230 valence electrons. The first-order chi connectivity index (χ1) is 20.1. The van der Waals surface area contributed by atoms with Gasteiger partial charge in [0.2, 0.25) is 0 Å². The number of hydrogen-bond acceptors (Lipinski definition) is 7. The number of thiazole rings is 1. The van der Waals surface area contributed by atoms with Crippen molar-refractivity contribution >= 4 is 60.7 Å². The molecule has 4 aromatic rings. The SMILES string of the molecule is CN(c1ccccc1)S(=O)(=O)c1ccc(C(=O)N(CCCN2CCOCC2)c2nc3c(C(F)(F)F)cccc3s2)cc1.Cl. The van der Waals surface area contributed by atoms with Crippen LogP contribution in [-0.4, -0.2) is 70.6 Å². The van der Waals surface area contributed by atoms with E-state index in [1.165, 1.54) is 42.3 Å². The Morgan fingerprint density at radius 2 is 1.67 bits per heavy atom. The Bertz CT molecular complexity index is 1650. The molecule has 0 unspecified atom stereocenters. The van der Waals surface area contributed by atoms with E-state index in [1.807, 2.05) is 0 Å². The van der Waals surface area contributed by atoms with Gasteiger partial charge in [0.15, 0.2) is 5.13 Å². The number of fused-ring (bicyclic) bond motifs is 1. The number of ether oxygens (including phenoxy) is 1. The van der Waals surface area contributed by atoms with E-state index in [1.54, 1.807) is 36.4 Å². The molecule has 0 spiro atoms. The van der Waals surface area contributed by atoms with Gasteiger partial charge in [0, 0.05) is 38.8 Å². The standard InChI is InChI=1S/C29H29F3N4O4S2.ClH/c1-34(22-7-3-2-4-8-22)42(38,39)23-13-11-21(12-14-23)27(37)36(16-6-15-35-17-19-40-20-18-35)28-33-26-24(29(30,31)32)9-5-10-25(26)41-28;/h2-5,7-14H,6,15-20H2,1H3;1H. The summed E-state index contributed by atoms with van der Waals surface area (Å²) in [5.41, 5.74) is -0.391. The molecule has 2 heterocycles. The van der Waals surface area contributed by atoms with Crippen molar-refractivity contribution in [1.29, 1.82) is 0 Å². The van der Waals surface area contributed by atoms with Crippen molar-refractivity contribution in [3.8, 4) is 0 Å². The zero-order chi connectivity index (χ0) is 29.9. The van der Waals surface area contributed by atoms with E-state index in [0.717, 1.165) is 34.8 Å². The highest BCUT2D eigenvalue weighted by atomic mass is 35.5. The molecule has 0 saturated carbocycles. The van der Waals surface area contributed by atoms with Crippen LogP contribution in [0.3, 0.4) is 0 Å². The Labute approximate surface area is 258 Å². The van der Waals surface area contributed by atoms with Crippen LogP contribution in [0.1, 0.15) is 22.3 Å². The number of aromatic nitrogens is 1. The third-order valence-electron chi connectivity index (χ3n) is 7.03. The number of anilines is 2. The van der Waals surface area contributed by atoms with Crippen LogP contribution >= 0.6 is 23.7 Å². The second-order valence-corrected chi connectivity index (χ2v) is 12.7. The van der Waals surface area contributed by atoms with Crippen LogP contribution in [0.2, 0.25) is 0 Å². The van der Waals surface area contributed by atoms with Gasteiger partial charge in [-0.25, -0.2) is 13.4 Å². The minimum atomic E-state index is -4.59. The summed E-state index contributed by atoms with van der Waals surface area (Å²) < 4.78 is 74.3. The molecule has 1 amide bonds. The molecule has 0 radical (unpaired) electrons. The molecule has 1 saturated heterocycles. The second kappa shape index (κ2) is 13.6. The van der Waals surface area contributed by atoms with E-state index in [9.17, 15) is 26.4 Å². The smallest absolute Gasteiger partial charge is 0.379 e. The van der Waals surface area contributed by atoms with Gasteiger partial charge in [0.25, 0.3) is 15.9 Å². The summed E-state index contributed by atoms with van der Waals surface area (Å²) >= 11 is 1.01. The number of halogens is 4. The van der Waals surface area contributed by atoms with Crippen LogP contribution in [0.15, 0.2) is 77.7 Å². The second-order valence-electron chi connectivity index (χ2n) is 9.74. The molecular weight excluding hydrogens is 625 g/mol.